The zero-order chi connectivity index (χ0) is 14.0. The molecule has 20 heavy (non-hydrogen) atoms. The van der Waals surface area contributed by atoms with Crippen LogP contribution in [0.25, 0.3) is 0 Å². The van der Waals surface area contributed by atoms with Gasteiger partial charge in [-0.15, -0.1) is 0 Å². The number of carbonyl (C=O) groups excluding carboxylic acids is 1. The number of nitrogens with one attached hydrogen (secondary N) is 1. The average molecular weight is 276 g/mol. The van der Waals surface area contributed by atoms with Gasteiger partial charge in [-0.25, -0.2) is 0 Å². The van der Waals surface area contributed by atoms with E-state index in [0.29, 0.717) is 6.54 Å². The summed E-state index contributed by atoms with van der Waals surface area (Å²) in [7, 11) is 1.67. The summed E-state index contributed by atoms with van der Waals surface area (Å²) in [5.74, 6) is 0.869. The van der Waals surface area contributed by atoms with Gasteiger partial charge in [0.25, 0.3) is 0 Å². The number of ether oxygens (including phenoxy) is 2. The molecule has 5 heteroatoms. The van der Waals surface area contributed by atoms with E-state index >= 15 is 0 Å². The van der Waals surface area contributed by atoms with E-state index in [1.165, 1.54) is 5.69 Å². The number of rotatable bonds is 2. The molecule has 1 spiro atoms. The van der Waals surface area contributed by atoms with Gasteiger partial charge in [0.15, 0.2) is 0 Å². The van der Waals surface area contributed by atoms with E-state index < -0.39 is 0 Å². The summed E-state index contributed by atoms with van der Waals surface area (Å²) in [5.41, 5.74) is 1.05. The Morgan fingerprint density at radius 1 is 1.25 bits per heavy atom. The van der Waals surface area contributed by atoms with Gasteiger partial charge in [0.2, 0.25) is 5.91 Å². The number of methoxy groups -OCH3 is 1. The van der Waals surface area contributed by atoms with Crippen molar-refractivity contribution in [3.8, 4) is 5.75 Å². The normalized spacial score (nSPS) is 21.6. The van der Waals surface area contributed by atoms with Crippen molar-refractivity contribution < 1.29 is 14.3 Å². The predicted octanol–water partition coefficient (Wildman–Crippen LogP) is 1.18. The molecule has 0 radical (unpaired) electrons. The Kier molecular flexibility index (Phi) is 3.53. The minimum atomic E-state index is -0.156. The third-order valence-corrected chi connectivity index (χ3v) is 4.23. The zero-order valence-electron chi connectivity index (χ0n) is 11.7. The van der Waals surface area contributed by atoms with Gasteiger partial charge in [-0.05, 0) is 37.1 Å². The highest BCUT2D eigenvalue weighted by Crippen LogP contribution is 2.30. The highest BCUT2D eigenvalue weighted by Gasteiger charge is 2.38. The van der Waals surface area contributed by atoms with Gasteiger partial charge in [-0.3, -0.25) is 4.79 Å². The SMILES string of the molecule is COc1ccc(N2CCC3(CC2)CNC(=O)CO3)cc1. The second kappa shape index (κ2) is 5.32. The molecule has 0 atom stereocenters. The molecule has 0 aromatic heterocycles. The number of benzene rings is 1. The van der Waals surface area contributed by atoms with E-state index in [9.17, 15) is 4.79 Å². The lowest BCUT2D eigenvalue weighted by Crippen LogP contribution is -2.57. The summed E-state index contributed by atoms with van der Waals surface area (Å²) >= 11 is 0. The summed E-state index contributed by atoms with van der Waals surface area (Å²) < 4.78 is 11.0. The van der Waals surface area contributed by atoms with E-state index in [1.54, 1.807) is 7.11 Å². The van der Waals surface area contributed by atoms with E-state index in [0.717, 1.165) is 31.7 Å². The number of hydrogen-bond acceptors (Lipinski definition) is 4. The van der Waals surface area contributed by atoms with Crippen LogP contribution < -0.4 is 15.0 Å². The zero-order valence-corrected chi connectivity index (χ0v) is 11.7. The van der Waals surface area contributed by atoms with Crippen LogP contribution in [0.2, 0.25) is 0 Å². The first-order chi connectivity index (χ1) is 9.71. The highest BCUT2D eigenvalue weighted by molar-refractivity contribution is 5.78. The lowest BCUT2D eigenvalue weighted by Gasteiger charge is -2.44. The van der Waals surface area contributed by atoms with Gasteiger partial charge in [-0.1, -0.05) is 0 Å². The van der Waals surface area contributed by atoms with Gasteiger partial charge >= 0.3 is 0 Å². The van der Waals surface area contributed by atoms with Gasteiger partial charge < -0.3 is 19.7 Å². The number of anilines is 1. The Bertz CT molecular complexity index is 466. The summed E-state index contributed by atoms with van der Waals surface area (Å²) in [6, 6.07) is 8.13. The Morgan fingerprint density at radius 2 is 1.95 bits per heavy atom. The molecule has 2 aliphatic rings. The van der Waals surface area contributed by atoms with E-state index in [-0.39, 0.29) is 18.1 Å². The molecule has 1 aromatic carbocycles. The van der Waals surface area contributed by atoms with Crippen molar-refractivity contribution in [1.29, 1.82) is 0 Å². The molecule has 0 aliphatic carbocycles. The van der Waals surface area contributed by atoms with Crippen LogP contribution in [0.15, 0.2) is 24.3 Å². The molecule has 2 heterocycles. The van der Waals surface area contributed by atoms with Crippen molar-refractivity contribution in [2.45, 2.75) is 18.4 Å². The van der Waals surface area contributed by atoms with Crippen molar-refractivity contribution >= 4 is 11.6 Å². The predicted molar refractivity (Wildman–Crippen MR) is 76.1 cm³/mol. The molecule has 2 aliphatic heterocycles. The third kappa shape index (κ3) is 2.58. The van der Waals surface area contributed by atoms with Crippen molar-refractivity contribution in [2.24, 2.45) is 0 Å². The fourth-order valence-corrected chi connectivity index (χ4v) is 2.87. The topological polar surface area (TPSA) is 50.8 Å². The largest absolute Gasteiger partial charge is 0.497 e. The molecule has 0 bridgehead atoms. The van der Waals surface area contributed by atoms with Gasteiger partial charge in [-0.2, -0.15) is 0 Å². The minimum Gasteiger partial charge on any atom is -0.497 e. The molecule has 1 amide bonds. The maximum atomic E-state index is 11.2. The first-order valence-electron chi connectivity index (χ1n) is 7.00. The van der Waals surface area contributed by atoms with Crippen LogP contribution in [0, 0.1) is 0 Å². The van der Waals surface area contributed by atoms with Crippen molar-refractivity contribution in [3.63, 3.8) is 0 Å². The quantitative estimate of drug-likeness (QED) is 0.881. The lowest BCUT2D eigenvalue weighted by molar-refractivity contribution is -0.146. The fraction of sp³-hybridized carbons (Fsp3) is 0.533. The molecule has 1 N–H and O–H groups in total. The third-order valence-electron chi connectivity index (χ3n) is 4.23. The van der Waals surface area contributed by atoms with Crippen LogP contribution in [-0.4, -0.2) is 44.9 Å². The van der Waals surface area contributed by atoms with E-state index in [2.05, 4.69) is 22.3 Å². The number of carbonyl (C=O) groups is 1. The monoisotopic (exact) mass is 276 g/mol. The number of hydrogen-bond donors (Lipinski definition) is 1. The molecular weight excluding hydrogens is 256 g/mol. The number of morpholine rings is 1. The van der Waals surface area contributed by atoms with Crippen LogP contribution in [-0.2, 0) is 9.53 Å². The maximum absolute atomic E-state index is 11.2. The Labute approximate surface area is 118 Å². The standard InChI is InChI=1S/C15H20N2O3/c1-19-13-4-2-12(3-5-13)17-8-6-15(7-9-17)11-16-14(18)10-20-15/h2-5H,6-11H2,1H3,(H,16,18). The molecule has 2 fully saturated rings. The van der Waals surface area contributed by atoms with Crippen LogP contribution >= 0.6 is 0 Å². The molecule has 1 aromatic rings. The number of nitrogens with zero attached hydrogens (tertiary/aromatic N) is 1. The lowest BCUT2D eigenvalue weighted by atomic mass is 9.89. The summed E-state index contributed by atoms with van der Waals surface area (Å²) in [4.78, 5) is 13.5. The first kappa shape index (κ1) is 13.2. The Morgan fingerprint density at radius 3 is 2.50 bits per heavy atom. The second-order valence-electron chi connectivity index (χ2n) is 5.43. The van der Waals surface area contributed by atoms with Crippen LogP contribution in [0.4, 0.5) is 5.69 Å². The number of piperidine rings is 1. The van der Waals surface area contributed by atoms with Crippen molar-refractivity contribution in [2.75, 3.05) is 38.3 Å². The van der Waals surface area contributed by atoms with Gasteiger partial charge in [0.05, 0.1) is 12.7 Å². The number of amides is 1. The maximum Gasteiger partial charge on any atom is 0.246 e. The van der Waals surface area contributed by atoms with E-state index in [4.69, 9.17) is 9.47 Å². The molecule has 2 saturated heterocycles. The molecule has 0 saturated carbocycles. The first-order valence-corrected chi connectivity index (χ1v) is 7.00. The Hall–Kier alpha value is -1.75. The van der Waals surface area contributed by atoms with Gasteiger partial charge in [0.1, 0.15) is 12.4 Å². The van der Waals surface area contributed by atoms with Crippen molar-refractivity contribution in [1.82, 2.24) is 5.32 Å². The van der Waals surface area contributed by atoms with Crippen molar-refractivity contribution in [3.05, 3.63) is 24.3 Å². The smallest absolute Gasteiger partial charge is 0.246 e. The molecule has 108 valence electrons. The Balaban J connectivity index is 1.61. The van der Waals surface area contributed by atoms with Gasteiger partial charge in [0, 0.05) is 25.3 Å². The summed E-state index contributed by atoms with van der Waals surface area (Å²) in [6.07, 6.45) is 1.89. The van der Waals surface area contributed by atoms with Crippen LogP contribution in [0.3, 0.4) is 0 Å². The minimum absolute atomic E-state index is 0.00629. The van der Waals surface area contributed by atoms with E-state index in [1.807, 2.05) is 12.1 Å². The second-order valence-corrected chi connectivity index (χ2v) is 5.43. The molecule has 0 unspecified atom stereocenters. The summed E-state index contributed by atoms with van der Waals surface area (Å²) in [6.45, 7) is 2.73. The highest BCUT2D eigenvalue weighted by atomic mass is 16.5. The molecule has 5 nitrogen and oxygen atoms in total. The van der Waals surface area contributed by atoms with Crippen LogP contribution in [0.5, 0.6) is 5.75 Å². The average Bonchev–Trinajstić information content (AvgIpc) is 2.52. The molecule has 3 rings (SSSR count). The summed E-state index contributed by atoms with van der Waals surface area (Å²) in [5, 5.41) is 2.91. The van der Waals surface area contributed by atoms with Crippen LogP contribution in [0.1, 0.15) is 12.8 Å². The molecular formula is C15H20N2O3. The fourth-order valence-electron chi connectivity index (χ4n) is 2.87.